The minimum Gasteiger partial charge on any atom is -0.369 e. The smallest absolute Gasteiger partial charge is 0.217 e. The number of rotatable bonds is 10. The van der Waals surface area contributed by atoms with Gasteiger partial charge in [-0.25, -0.2) is 4.39 Å². The number of carbonyl (C=O) groups is 1. The predicted molar refractivity (Wildman–Crippen MR) is 132 cm³/mol. The molecule has 1 saturated carbocycles. The van der Waals surface area contributed by atoms with E-state index in [1.807, 2.05) is 91.0 Å². The molecule has 1 aliphatic rings. The van der Waals surface area contributed by atoms with Crippen molar-refractivity contribution in [2.75, 3.05) is 0 Å². The summed E-state index contributed by atoms with van der Waals surface area (Å²) < 4.78 is 34.3. The normalized spacial score (nSPS) is 24.1. The van der Waals surface area contributed by atoms with Gasteiger partial charge in [0.05, 0.1) is 25.9 Å². The van der Waals surface area contributed by atoms with E-state index in [2.05, 4.69) is 5.32 Å². The lowest BCUT2D eigenvalue weighted by Gasteiger charge is -2.44. The number of hydrogen-bond donors (Lipinski definition) is 1. The molecule has 4 rings (SSSR count). The molecule has 5 nitrogen and oxygen atoms in total. The van der Waals surface area contributed by atoms with Gasteiger partial charge < -0.3 is 19.5 Å². The number of carbonyl (C=O) groups excluding carboxylic acids is 1. The van der Waals surface area contributed by atoms with Crippen LogP contribution in [0.3, 0.4) is 0 Å². The summed E-state index contributed by atoms with van der Waals surface area (Å²) >= 11 is 0. The maximum Gasteiger partial charge on any atom is 0.217 e. The Labute approximate surface area is 206 Å². The molecule has 1 aliphatic carbocycles. The maximum absolute atomic E-state index is 15.6. The van der Waals surface area contributed by atoms with Crippen molar-refractivity contribution in [3.05, 3.63) is 108 Å². The van der Waals surface area contributed by atoms with Gasteiger partial charge in [-0.3, -0.25) is 4.79 Å². The first-order valence-electron chi connectivity index (χ1n) is 12.0. The molecule has 0 bridgehead atoms. The lowest BCUT2D eigenvalue weighted by molar-refractivity contribution is -0.199. The number of amides is 1. The maximum atomic E-state index is 15.6. The zero-order valence-corrected chi connectivity index (χ0v) is 19.9. The molecule has 3 aromatic rings. The number of nitrogens with one attached hydrogen (secondary N) is 1. The molecule has 0 unspecified atom stereocenters. The van der Waals surface area contributed by atoms with Crippen molar-refractivity contribution in [3.8, 4) is 0 Å². The Morgan fingerprint density at radius 3 is 1.54 bits per heavy atom. The first-order valence-corrected chi connectivity index (χ1v) is 12.0. The van der Waals surface area contributed by atoms with Gasteiger partial charge in [0.2, 0.25) is 5.91 Å². The van der Waals surface area contributed by atoms with Crippen molar-refractivity contribution in [1.82, 2.24) is 5.32 Å². The molecule has 184 valence electrons. The summed E-state index contributed by atoms with van der Waals surface area (Å²) in [7, 11) is 0. The van der Waals surface area contributed by atoms with Crippen LogP contribution in [-0.2, 0) is 38.8 Å². The van der Waals surface area contributed by atoms with E-state index in [0.29, 0.717) is 6.61 Å². The fraction of sp³-hybridized carbons (Fsp3) is 0.345. The number of ether oxygens (including phenoxy) is 3. The highest BCUT2D eigenvalue weighted by Crippen LogP contribution is 2.32. The third kappa shape index (κ3) is 7.21. The van der Waals surface area contributed by atoms with Crippen LogP contribution in [0.2, 0.25) is 0 Å². The lowest BCUT2D eigenvalue weighted by atomic mass is 9.85. The van der Waals surface area contributed by atoms with Crippen LogP contribution in [0.5, 0.6) is 0 Å². The van der Waals surface area contributed by atoms with E-state index in [-0.39, 0.29) is 25.5 Å². The Kier molecular flexibility index (Phi) is 9.01. The van der Waals surface area contributed by atoms with Crippen molar-refractivity contribution in [3.63, 3.8) is 0 Å². The molecule has 1 fully saturated rings. The van der Waals surface area contributed by atoms with Gasteiger partial charge in [0, 0.05) is 13.3 Å². The molecule has 5 atom stereocenters. The summed E-state index contributed by atoms with van der Waals surface area (Å²) in [5.74, 6) is -0.235. The lowest BCUT2D eigenvalue weighted by Crippen LogP contribution is -2.62. The van der Waals surface area contributed by atoms with Gasteiger partial charge in [0.15, 0.2) is 0 Å². The fourth-order valence-electron chi connectivity index (χ4n) is 4.43. The summed E-state index contributed by atoms with van der Waals surface area (Å²) in [5, 5.41) is 2.88. The third-order valence-electron chi connectivity index (χ3n) is 6.12. The molecule has 1 N–H and O–H groups in total. The van der Waals surface area contributed by atoms with Crippen LogP contribution in [0.15, 0.2) is 91.0 Å². The van der Waals surface area contributed by atoms with Crippen LogP contribution < -0.4 is 5.32 Å². The van der Waals surface area contributed by atoms with E-state index in [1.54, 1.807) is 0 Å². The summed E-state index contributed by atoms with van der Waals surface area (Å²) in [6, 6.07) is 28.6. The molecule has 0 aliphatic heterocycles. The average Bonchev–Trinajstić information content (AvgIpc) is 2.88. The van der Waals surface area contributed by atoms with E-state index in [1.165, 1.54) is 6.92 Å². The van der Waals surface area contributed by atoms with Crippen molar-refractivity contribution < 1.29 is 23.4 Å². The fourth-order valence-corrected chi connectivity index (χ4v) is 4.43. The average molecular weight is 478 g/mol. The largest absolute Gasteiger partial charge is 0.369 e. The van der Waals surface area contributed by atoms with Crippen molar-refractivity contribution >= 4 is 5.91 Å². The summed E-state index contributed by atoms with van der Waals surface area (Å²) in [6.45, 7) is 2.28. The monoisotopic (exact) mass is 477 g/mol. The Balaban J connectivity index is 1.57. The summed E-state index contributed by atoms with van der Waals surface area (Å²) in [4.78, 5) is 12.0. The molecule has 0 radical (unpaired) electrons. The second-order valence-corrected chi connectivity index (χ2v) is 8.84. The third-order valence-corrected chi connectivity index (χ3v) is 6.12. The Hall–Kier alpha value is -3.06. The van der Waals surface area contributed by atoms with Gasteiger partial charge in [-0.05, 0) is 16.7 Å². The van der Waals surface area contributed by atoms with Crippen molar-refractivity contribution in [2.24, 2.45) is 0 Å². The van der Waals surface area contributed by atoms with Crippen molar-refractivity contribution in [1.29, 1.82) is 0 Å². The van der Waals surface area contributed by atoms with E-state index in [0.717, 1.165) is 16.7 Å². The minimum atomic E-state index is -1.33. The zero-order valence-electron chi connectivity index (χ0n) is 19.9. The number of alkyl halides is 1. The molecule has 35 heavy (non-hydrogen) atoms. The Morgan fingerprint density at radius 1 is 0.714 bits per heavy atom. The summed E-state index contributed by atoms with van der Waals surface area (Å²) in [5.41, 5.74) is 2.90. The van der Waals surface area contributed by atoms with Gasteiger partial charge >= 0.3 is 0 Å². The van der Waals surface area contributed by atoms with Crippen LogP contribution in [0.1, 0.15) is 30.0 Å². The highest BCUT2D eigenvalue weighted by molar-refractivity contribution is 5.73. The topological polar surface area (TPSA) is 56.8 Å². The van der Waals surface area contributed by atoms with E-state index in [9.17, 15) is 4.79 Å². The van der Waals surface area contributed by atoms with Crippen LogP contribution in [0.4, 0.5) is 4.39 Å². The SMILES string of the molecule is CC(=O)N[C@@H]1C[C@@H](F)[C@H](OCc2ccccc2)[C@@H](OCc2ccccc2)[C@@H]1OCc1ccccc1. The second-order valence-electron chi connectivity index (χ2n) is 8.84. The molecule has 6 heteroatoms. The number of halogens is 1. The predicted octanol–water partition coefficient (Wildman–Crippen LogP) is 4.99. The first kappa shape index (κ1) is 25.0. The highest BCUT2D eigenvalue weighted by atomic mass is 19.1. The molecule has 0 spiro atoms. The second kappa shape index (κ2) is 12.6. The van der Waals surface area contributed by atoms with Gasteiger partial charge in [0.1, 0.15) is 24.5 Å². The van der Waals surface area contributed by atoms with Gasteiger partial charge in [-0.1, -0.05) is 91.0 Å². The van der Waals surface area contributed by atoms with Gasteiger partial charge in [0.25, 0.3) is 0 Å². The molecule has 0 heterocycles. The molecular formula is C29H32FNO4. The number of hydrogen-bond acceptors (Lipinski definition) is 4. The standard InChI is InChI=1S/C29H32FNO4/c1-21(32)31-26-17-25(30)27(33-18-22-11-5-2-6-12-22)29(35-20-24-15-9-4-10-16-24)28(26)34-19-23-13-7-3-8-14-23/h2-16,25-29H,17-20H2,1H3,(H,31,32)/t25-,26-,27+,28-,29-/m1/s1. The summed E-state index contributed by atoms with van der Waals surface area (Å²) in [6.07, 6.45) is -3.39. The van der Waals surface area contributed by atoms with Gasteiger partial charge in [-0.2, -0.15) is 0 Å². The first-order chi connectivity index (χ1) is 17.1. The van der Waals surface area contributed by atoms with Gasteiger partial charge in [-0.15, -0.1) is 0 Å². The van der Waals surface area contributed by atoms with Crippen LogP contribution in [0, 0.1) is 0 Å². The van der Waals surface area contributed by atoms with Crippen LogP contribution >= 0.6 is 0 Å². The molecule has 0 aromatic heterocycles. The highest BCUT2D eigenvalue weighted by Gasteiger charge is 2.48. The van der Waals surface area contributed by atoms with E-state index in [4.69, 9.17) is 14.2 Å². The van der Waals surface area contributed by atoms with E-state index < -0.39 is 30.5 Å². The minimum absolute atomic E-state index is 0.0870. The zero-order chi connectivity index (χ0) is 24.5. The Bertz CT molecular complexity index is 1030. The van der Waals surface area contributed by atoms with Crippen LogP contribution in [-0.4, -0.2) is 36.4 Å². The van der Waals surface area contributed by atoms with Crippen LogP contribution in [0.25, 0.3) is 0 Å². The van der Waals surface area contributed by atoms with Crippen molar-refractivity contribution in [2.45, 2.75) is 63.7 Å². The quantitative estimate of drug-likeness (QED) is 0.447. The van der Waals surface area contributed by atoms with E-state index >= 15 is 4.39 Å². The molecular weight excluding hydrogens is 445 g/mol. The molecule has 0 saturated heterocycles. The Morgan fingerprint density at radius 2 is 1.11 bits per heavy atom. The molecule has 3 aromatic carbocycles. The molecule has 1 amide bonds. The number of benzene rings is 3.